The molecule has 5 heteroatoms. The Kier molecular flexibility index (Phi) is 2.72. The molecule has 19 heavy (non-hydrogen) atoms. The zero-order valence-corrected chi connectivity index (χ0v) is 10.2. The van der Waals surface area contributed by atoms with Crippen LogP contribution in [0.4, 0.5) is 11.5 Å². The fourth-order valence-corrected chi connectivity index (χ4v) is 1.92. The van der Waals surface area contributed by atoms with Crippen LogP contribution in [0.25, 0.3) is 0 Å². The predicted molar refractivity (Wildman–Crippen MR) is 73.7 cm³/mol. The lowest BCUT2D eigenvalue weighted by Gasteiger charge is -2.09. The van der Waals surface area contributed by atoms with Crippen LogP contribution in [-0.4, -0.2) is 16.6 Å². The molecule has 0 radical (unpaired) electrons. The van der Waals surface area contributed by atoms with E-state index < -0.39 is 0 Å². The number of aromatic nitrogens is 1. The highest BCUT2D eigenvalue weighted by atomic mass is 16.2. The lowest BCUT2D eigenvalue weighted by atomic mass is 10.1. The fraction of sp³-hybridized carbons (Fsp3) is 0.0714. The van der Waals surface area contributed by atoms with Crippen molar-refractivity contribution in [1.82, 2.24) is 4.98 Å². The van der Waals surface area contributed by atoms with Crippen molar-refractivity contribution in [3.05, 3.63) is 54.2 Å². The number of nitrogens with zero attached hydrogens (tertiary/aromatic N) is 3. The van der Waals surface area contributed by atoms with Gasteiger partial charge in [0.15, 0.2) is 5.82 Å². The number of hydrogen-bond donors (Lipinski definition) is 1. The fourth-order valence-electron chi connectivity index (χ4n) is 1.92. The Hall–Kier alpha value is -2.69. The van der Waals surface area contributed by atoms with E-state index in [1.54, 1.807) is 12.1 Å². The molecule has 1 aliphatic heterocycles. The summed E-state index contributed by atoms with van der Waals surface area (Å²) < 4.78 is 0. The summed E-state index contributed by atoms with van der Waals surface area (Å²) in [6.07, 6.45) is 1.80. The number of rotatable bonds is 2. The van der Waals surface area contributed by atoms with Crippen LogP contribution in [0.5, 0.6) is 0 Å². The van der Waals surface area contributed by atoms with Gasteiger partial charge < -0.3 is 5.73 Å². The van der Waals surface area contributed by atoms with Gasteiger partial charge in [-0.2, -0.15) is 10.1 Å². The van der Waals surface area contributed by atoms with Gasteiger partial charge in [-0.05, 0) is 17.7 Å². The molecule has 1 amide bonds. The minimum Gasteiger partial charge on any atom is -0.397 e. The van der Waals surface area contributed by atoms with E-state index in [2.05, 4.69) is 10.1 Å². The summed E-state index contributed by atoms with van der Waals surface area (Å²) in [7, 11) is 0. The standard InChI is InChI=1S/C14H12N4O/c15-11-6-7-13(16-9-11)18-14(19)8-12(17-18)10-4-2-1-3-5-10/h1-7,9H,8,15H2. The van der Waals surface area contributed by atoms with Gasteiger partial charge in [0.05, 0.1) is 24.0 Å². The normalized spacial score (nSPS) is 14.6. The Labute approximate surface area is 110 Å². The number of carbonyl (C=O) groups is 1. The number of nitrogens with two attached hydrogens (primary N) is 1. The van der Waals surface area contributed by atoms with Crippen LogP contribution in [0, 0.1) is 0 Å². The molecule has 1 aromatic carbocycles. The summed E-state index contributed by atoms with van der Waals surface area (Å²) in [5, 5.41) is 5.66. The third-order valence-corrected chi connectivity index (χ3v) is 2.87. The Balaban J connectivity index is 1.93. The molecule has 1 aromatic heterocycles. The number of benzene rings is 1. The molecular weight excluding hydrogens is 240 g/mol. The Morgan fingerprint density at radius 2 is 1.89 bits per heavy atom. The quantitative estimate of drug-likeness (QED) is 0.885. The van der Waals surface area contributed by atoms with E-state index in [0.717, 1.165) is 11.3 Å². The van der Waals surface area contributed by atoms with Gasteiger partial charge >= 0.3 is 0 Å². The molecule has 0 bridgehead atoms. The minimum absolute atomic E-state index is 0.0869. The van der Waals surface area contributed by atoms with Crippen molar-refractivity contribution in [2.75, 3.05) is 10.7 Å². The first kappa shape index (κ1) is 11.4. The maximum absolute atomic E-state index is 12.0. The lowest BCUT2D eigenvalue weighted by Crippen LogP contribution is -2.20. The van der Waals surface area contributed by atoms with Crippen molar-refractivity contribution in [2.45, 2.75) is 6.42 Å². The molecular formula is C14H12N4O. The number of amides is 1. The summed E-state index contributed by atoms with van der Waals surface area (Å²) in [6.45, 7) is 0. The Morgan fingerprint density at radius 3 is 2.58 bits per heavy atom. The summed E-state index contributed by atoms with van der Waals surface area (Å²) in [6, 6.07) is 13.0. The van der Waals surface area contributed by atoms with Crippen molar-refractivity contribution in [2.24, 2.45) is 5.10 Å². The molecule has 0 saturated heterocycles. The van der Waals surface area contributed by atoms with E-state index in [1.807, 2.05) is 30.3 Å². The molecule has 0 unspecified atom stereocenters. The molecule has 0 fully saturated rings. The Bertz CT molecular complexity index is 634. The molecule has 2 heterocycles. The summed E-state index contributed by atoms with van der Waals surface area (Å²) in [5.74, 6) is 0.404. The number of pyridine rings is 1. The van der Waals surface area contributed by atoms with Gasteiger partial charge in [-0.3, -0.25) is 4.79 Å². The first-order chi connectivity index (χ1) is 9.24. The van der Waals surface area contributed by atoms with Crippen molar-refractivity contribution < 1.29 is 4.79 Å². The predicted octanol–water partition coefficient (Wildman–Crippen LogP) is 1.80. The number of anilines is 2. The van der Waals surface area contributed by atoms with Gasteiger partial charge in [0.1, 0.15) is 0 Å². The van der Waals surface area contributed by atoms with Crippen molar-refractivity contribution >= 4 is 23.1 Å². The third kappa shape index (κ3) is 2.18. The monoisotopic (exact) mass is 252 g/mol. The molecule has 0 atom stereocenters. The average molecular weight is 252 g/mol. The molecule has 94 valence electrons. The van der Waals surface area contributed by atoms with E-state index in [-0.39, 0.29) is 12.3 Å². The first-order valence-electron chi connectivity index (χ1n) is 5.91. The molecule has 2 aromatic rings. The maximum Gasteiger partial charge on any atom is 0.254 e. The van der Waals surface area contributed by atoms with Crippen LogP contribution in [0.3, 0.4) is 0 Å². The van der Waals surface area contributed by atoms with Crippen molar-refractivity contribution in [3.8, 4) is 0 Å². The van der Waals surface area contributed by atoms with Gasteiger partial charge in [-0.15, -0.1) is 0 Å². The second-order valence-corrected chi connectivity index (χ2v) is 4.24. The highest BCUT2D eigenvalue weighted by molar-refractivity contribution is 6.19. The molecule has 3 rings (SSSR count). The Morgan fingerprint density at radius 1 is 1.11 bits per heavy atom. The molecule has 1 aliphatic rings. The largest absolute Gasteiger partial charge is 0.397 e. The van der Waals surface area contributed by atoms with Gasteiger partial charge in [0.2, 0.25) is 0 Å². The first-order valence-corrected chi connectivity index (χ1v) is 5.91. The van der Waals surface area contributed by atoms with Crippen LogP contribution in [-0.2, 0) is 4.79 Å². The summed E-state index contributed by atoms with van der Waals surface area (Å²) >= 11 is 0. The molecule has 0 spiro atoms. The number of hydrazone groups is 1. The maximum atomic E-state index is 12.0. The zero-order chi connectivity index (χ0) is 13.2. The van der Waals surface area contributed by atoms with Gasteiger partial charge in [-0.25, -0.2) is 4.98 Å². The molecule has 0 aliphatic carbocycles. The van der Waals surface area contributed by atoms with Crippen LogP contribution in [0.2, 0.25) is 0 Å². The highest BCUT2D eigenvalue weighted by Gasteiger charge is 2.26. The zero-order valence-electron chi connectivity index (χ0n) is 10.2. The van der Waals surface area contributed by atoms with E-state index in [0.29, 0.717) is 11.5 Å². The SMILES string of the molecule is Nc1ccc(N2N=C(c3ccccc3)CC2=O)nc1. The molecule has 2 N–H and O–H groups in total. The minimum atomic E-state index is -0.0869. The van der Waals surface area contributed by atoms with Gasteiger partial charge in [0.25, 0.3) is 5.91 Å². The second-order valence-electron chi connectivity index (χ2n) is 4.24. The smallest absolute Gasteiger partial charge is 0.254 e. The van der Waals surface area contributed by atoms with Crippen LogP contribution in [0.15, 0.2) is 53.8 Å². The number of carbonyl (C=O) groups excluding carboxylic acids is 1. The topological polar surface area (TPSA) is 71.6 Å². The van der Waals surface area contributed by atoms with Crippen LogP contribution < -0.4 is 10.7 Å². The average Bonchev–Trinajstić information content (AvgIpc) is 2.83. The number of hydrogen-bond acceptors (Lipinski definition) is 4. The van der Waals surface area contributed by atoms with E-state index in [4.69, 9.17) is 5.73 Å². The third-order valence-electron chi connectivity index (χ3n) is 2.87. The van der Waals surface area contributed by atoms with E-state index >= 15 is 0 Å². The van der Waals surface area contributed by atoms with Crippen LogP contribution in [0.1, 0.15) is 12.0 Å². The lowest BCUT2D eigenvalue weighted by molar-refractivity contribution is -0.116. The highest BCUT2D eigenvalue weighted by Crippen LogP contribution is 2.21. The number of nitrogen functional groups attached to an aromatic ring is 1. The van der Waals surface area contributed by atoms with Gasteiger partial charge in [0, 0.05) is 0 Å². The summed E-state index contributed by atoms with van der Waals surface area (Å²) in [5.41, 5.74) is 7.84. The summed E-state index contributed by atoms with van der Waals surface area (Å²) in [4.78, 5) is 16.1. The molecule has 0 saturated carbocycles. The van der Waals surface area contributed by atoms with Gasteiger partial charge in [-0.1, -0.05) is 30.3 Å². The van der Waals surface area contributed by atoms with E-state index in [9.17, 15) is 4.79 Å². The van der Waals surface area contributed by atoms with E-state index in [1.165, 1.54) is 11.2 Å². The molecule has 5 nitrogen and oxygen atoms in total. The second kappa shape index (κ2) is 4.53. The van der Waals surface area contributed by atoms with Crippen molar-refractivity contribution in [1.29, 1.82) is 0 Å². The van der Waals surface area contributed by atoms with Crippen molar-refractivity contribution in [3.63, 3.8) is 0 Å². The van der Waals surface area contributed by atoms with Crippen LogP contribution >= 0.6 is 0 Å².